The van der Waals surface area contributed by atoms with Gasteiger partial charge < -0.3 is 9.40 Å². The van der Waals surface area contributed by atoms with E-state index in [-0.39, 0.29) is 6.61 Å². The predicted molar refractivity (Wildman–Crippen MR) is 86.6 cm³/mol. The van der Waals surface area contributed by atoms with Gasteiger partial charge >= 0.3 is 11.2 Å². The summed E-state index contributed by atoms with van der Waals surface area (Å²) < 4.78 is 3.94. The molecule has 0 saturated carbocycles. The lowest BCUT2D eigenvalue weighted by molar-refractivity contribution is 0.101. The Morgan fingerprint density at radius 1 is 1.17 bits per heavy atom. The Hall–Kier alpha value is -2.83. The van der Waals surface area contributed by atoms with Crippen LogP contribution in [-0.4, -0.2) is 25.5 Å². The highest BCUT2D eigenvalue weighted by atomic mass is 16.7. The van der Waals surface area contributed by atoms with E-state index in [1.807, 2.05) is 41.8 Å². The van der Waals surface area contributed by atoms with Crippen molar-refractivity contribution in [3.63, 3.8) is 0 Å². The molecular weight excluding hydrogens is 296 g/mol. The molecule has 23 heavy (non-hydrogen) atoms. The normalized spacial score (nSPS) is 11.1. The Morgan fingerprint density at radius 2 is 1.87 bits per heavy atom. The zero-order valence-corrected chi connectivity index (χ0v) is 13.3. The lowest BCUT2D eigenvalue weighted by Crippen LogP contribution is -2.43. The molecule has 0 amide bonds. The first-order chi connectivity index (χ1) is 11.0. The summed E-state index contributed by atoms with van der Waals surface area (Å²) in [4.78, 5) is 34.5. The lowest BCUT2D eigenvalue weighted by Gasteiger charge is -2.10. The molecule has 0 spiro atoms. The van der Waals surface area contributed by atoms with Crippen molar-refractivity contribution in [1.82, 2.24) is 18.8 Å². The van der Waals surface area contributed by atoms with Gasteiger partial charge in [-0.05, 0) is 19.4 Å². The summed E-state index contributed by atoms with van der Waals surface area (Å²) in [6, 6.07) is 9.78. The molecule has 2 heterocycles. The van der Waals surface area contributed by atoms with Crippen molar-refractivity contribution in [2.75, 3.05) is 6.61 Å². The Bertz CT molecular complexity index is 967. The molecule has 0 aliphatic rings. The van der Waals surface area contributed by atoms with Gasteiger partial charge in [-0.3, -0.25) is 9.36 Å². The smallest absolute Gasteiger partial charge is 0.366 e. The Kier molecular flexibility index (Phi) is 3.77. The van der Waals surface area contributed by atoms with Crippen LogP contribution in [0, 0.1) is 6.92 Å². The van der Waals surface area contributed by atoms with Crippen molar-refractivity contribution in [3.8, 4) is 0 Å². The molecule has 7 nitrogen and oxygen atoms in total. The molecule has 2 aromatic heterocycles. The maximum atomic E-state index is 12.7. The van der Waals surface area contributed by atoms with Gasteiger partial charge in [0, 0.05) is 13.6 Å². The average molecular weight is 314 g/mol. The van der Waals surface area contributed by atoms with E-state index in [4.69, 9.17) is 4.84 Å². The first-order valence-electron chi connectivity index (χ1n) is 7.40. The van der Waals surface area contributed by atoms with Gasteiger partial charge in [0.25, 0.3) is 0 Å². The van der Waals surface area contributed by atoms with E-state index in [9.17, 15) is 9.59 Å². The maximum absolute atomic E-state index is 12.7. The summed E-state index contributed by atoms with van der Waals surface area (Å²) in [7, 11) is 1.58. The van der Waals surface area contributed by atoms with Crippen molar-refractivity contribution in [1.29, 1.82) is 0 Å². The van der Waals surface area contributed by atoms with Gasteiger partial charge in [-0.2, -0.15) is 0 Å². The number of benzene rings is 1. The van der Waals surface area contributed by atoms with Crippen LogP contribution in [0.25, 0.3) is 11.2 Å². The monoisotopic (exact) mass is 314 g/mol. The molecule has 0 atom stereocenters. The highest BCUT2D eigenvalue weighted by Crippen LogP contribution is 2.13. The third kappa shape index (κ3) is 2.44. The second-order valence-corrected chi connectivity index (χ2v) is 5.26. The van der Waals surface area contributed by atoms with Crippen LogP contribution in [0.1, 0.15) is 18.3 Å². The summed E-state index contributed by atoms with van der Waals surface area (Å²) in [5, 5.41) is 0. The number of aromatic nitrogens is 4. The first kappa shape index (κ1) is 15.1. The summed E-state index contributed by atoms with van der Waals surface area (Å²) in [6.45, 7) is 4.27. The van der Waals surface area contributed by atoms with Gasteiger partial charge in [-0.25, -0.2) is 9.78 Å². The first-order valence-corrected chi connectivity index (χ1v) is 7.40. The molecule has 7 heteroatoms. The van der Waals surface area contributed by atoms with Crippen LogP contribution in [0.3, 0.4) is 0 Å². The van der Waals surface area contributed by atoms with E-state index < -0.39 is 11.2 Å². The number of nitrogens with zero attached hydrogens (tertiary/aromatic N) is 4. The molecule has 0 bridgehead atoms. The van der Waals surface area contributed by atoms with Crippen molar-refractivity contribution >= 4 is 11.2 Å². The van der Waals surface area contributed by atoms with Crippen LogP contribution in [0.15, 0.2) is 39.9 Å². The van der Waals surface area contributed by atoms with Crippen LogP contribution >= 0.6 is 0 Å². The second-order valence-electron chi connectivity index (χ2n) is 5.26. The lowest BCUT2D eigenvalue weighted by atomic mass is 10.2. The van der Waals surface area contributed by atoms with Crippen LogP contribution in [0.5, 0.6) is 0 Å². The molecule has 120 valence electrons. The number of hydrogen-bond donors (Lipinski definition) is 0. The maximum Gasteiger partial charge on any atom is 0.366 e. The van der Waals surface area contributed by atoms with E-state index >= 15 is 0 Å². The molecule has 0 saturated heterocycles. The molecule has 1 aromatic carbocycles. The minimum absolute atomic E-state index is 0.229. The van der Waals surface area contributed by atoms with E-state index in [2.05, 4.69) is 4.98 Å². The summed E-state index contributed by atoms with van der Waals surface area (Å²) in [6.07, 6.45) is 0. The fourth-order valence-corrected chi connectivity index (χ4v) is 2.61. The van der Waals surface area contributed by atoms with Crippen molar-refractivity contribution in [2.45, 2.75) is 20.4 Å². The zero-order chi connectivity index (χ0) is 16.6. The van der Waals surface area contributed by atoms with E-state index in [0.717, 1.165) is 10.3 Å². The minimum atomic E-state index is -0.534. The van der Waals surface area contributed by atoms with Gasteiger partial charge in [0.05, 0.1) is 0 Å². The van der Waals surface area contributed by atoms with E-state index in [0.29, 0.717) is 23.5 Å². The molecule has 0 fully saturated rings. The SMILES string of the molecule is CCOn1c(=O)c2c(nc(C)n2Cc2ccccc2)n(C)c1=O. The van der Waals surface area contributed by atoms with E-state index in [1.165, 1.54) is 4.57 Å². The summed E-state index contributed by atoms with van der Waals surface area (Å²) in [5.74, 6) is 0.671. The van der Waals surface area contributed by atoms with Crippen molar-refractivity contribution in [3.05, 3.63) is 62.6 Å². The predicted octanol–water partition coefficient (Wildman–Crippen LogP) is 0.702. The van der Waals surface area contributed by atoms with Gasteiger partial charge in [0.15, 0.2) is 11.2 Å². The number of fused-ring (bicyclic) bond motifs is 1. The molecule has 3 aromatic rings. The molecule has 0 N–H and O–H groups in total. The van der Waals surface area contributed by atoms with Gasteiger partial charge in [-0.15, -0.1) is 0 Å². The quantitative estimate of drug-likeness (QED) is 0.711. The highest BCUT2D eigenvalue weighted by Gasteiger charge is 2.19. The van der Waals surface area contributed by atoms with Gasteiger partial charge in [0.1, 0.15) is 12.4 Å². The Labute approximate surface area is 132 Å². The number of aryl methyl sites for hydroxylation is 2. The van der Waals surface area contributed by atoms with Crippen LogP contribution in [-0.2, 0) is 13.6 Å². The van der Waals surface area contributed by atoms with Crippen LogP contribution in [0.4, 0.5) is 0 Å². The van der Waals surface area contributed by atoms with Gasteiger partial charge in [0.2, 0.25) is 0 Å². The average Bonchev–Trinajstić information content (AvgIpc) is 2.87. The molecule has 0 unspecified atom stereocenters. The third-order valence-corrected chi connectivity index (χ3v) is 3.75. The zero-order valence-electron chi connectivity index (χ0n) is 13.3. The minimum Gasteiger partial charge on any atom is -0.406 e. The van der Waals surface area contributed by atoms with Gasteiger partial charge in [-0.1, -0.05) is 35.1 Å². The standard InChI is InChI=1S/C16H18N4O3/c1-4-23-20-15(21)13-14(18(3)16(20)22)17-11(2)19(13)10-12-8-6-5-7-9-12/h5-9H,4,10H2,1-3H3. The Morgan fingerprint density at radius 3 is 2.52 bits per heavy atom. The molecular formula is C16H18N4O3. The molecule has 0 aliphatic heterocycles. The second kappa shape index (κ2) is 5.75. The largest absolute Gasteiger partial charge is 0.406 e. The fourth-order valence-electron chi connectivity index (χ4n) is 2.61. The van der Waals surface area contributed by atoms with Crippen LogP contribution < -0.4 is 16.1 Å². The van der Waals surface area contributed by atoms with E-state index in [1.54, 1.807) is 14.0 Å². The summed E-state index contributed by atoms with van der Waals surface area (Å²) in [5.41, 5.74) is 0.757. The van der Waals surface area contributed by atoms with Crippen molar-refractivity contribution < 1.29 is 4.84 Å². The third-order valence-electron chi connectivity index (χ3n) is 3.75. The number of hydrogen-bond acceptors (Lipinski definition) is 4. The molecule has 3 rings (SSSR count). The highest BCUT2D eigenvalue weighted by molar-refractivity contribution is 5.71. The van der Waals surface area contributed by atoms with Crippen molar-refractivity contribution in [2.24, 2.45) is 7.05 Å². The van der Waals surface area contributed by atoms with Crippen LogP contribution in [0.2, 0.25) is 0 Å². The topological polar surface area (TPSA) is 71.1 Å². The molecule has 0 radical (unpaired) electrons. The summed E-state index contributed by atoms with van der Waals surface area (Å²) >= 11 is 0. The Balaban J connectivity index is 2.29. The fraction of sp³-hybridized carbons (Fsp3) is 0.312. The molecule has 0 aliphatic carbocycles. The number of rotatable bonds is 4. The number of imidazole rings is 1.